The molecule has 4 rings (SSSR count). The molecule has 0 radical (unpaired) electrons. The van der Waals surface area contributed by atoms with Crippen molar-refractivity contribution in [1.82, 2.24) is 9.99 Å². The number of sulfonamides is 1. The fourth-order valence-corrected chi connectivity index (χ4v) is 5.77. The van der Waals surface area contributed by atoms with Gasteiger partial charge in [-0.1, -0.05) is 36.4 Å². The van der Waals surface area contributed by atoms with Gasteiger partial charge >= 0.3 is 0 Å². The molecule has 0 saturated carbocycles. The molecule has 0 aliphatic carbocycles. The van der Waals surface area contributed by atoms with Crippen LogP contribution in [0.25, 0.3) is 5.69 Å². The van der Waals surface area contributed by atoms with E-state index in [9.17, 15) is 13.2 Å². The number of nitrogens with zero attached hydrogens (tertiary/aromatic N) is 3. The first-order valence-electron chi connectivity index (χ1n) is 12.3. The molecule has 0 spiro atoms. The van der Waals surface area contributed by atoms with Crippen molar-refractivity contribution < 1.29 is 13.2 Å². The highest BCUT2D eigenvalue weighted by molar-refractivity contribution is 7.92. The van der Waals surface area contributed by atoms with Crippen LogP contribution in [0.3, 0.4) is 0 Å². The van der Waals surface area contributed by atoms with E-state index in [1.54, 1.807) is 36.5 Å². The van der Waals surface area contributed by atoms with Crippen molar-refractivity contribution in [1.29, 1.82) is 0 Å². The molecule has 1 heterocycles. The third-order valence-electron chi connectivity index (χ3n) is 6.52. The molecule has 1 aromatic heterocycles. The number of hydrazone groups is 1. The number of carbonyl (C=O) groups excluding carboxylic acids is 1. The minimum atomic E-state index is -3.98. The van der Waals surface area contributed by atoms with Crippen LogP contribution in [0.15, 0.2) is 88.9 Å². The predicted molar refractivity (Wildman–Crippen MR) is 153 cm³/mol. The van der Waals surface area contributed by atoms with Crippen molar-refractivity contribution >= 4 is 27.8 Å². The predicted octanol–water partition coefficient (Wildman–Crippen LogP) is 5.37. The van der Waals surface area contributed by atoms with Gasteiger partial charge in [-0.05, 0) is 93.8 Å². The van der Waals surface area contributed by atoms with Gasteiger partial charge in [0.05, 0.1) is 16.8 Å². The van der Waals surface area contributed by atoms with Crippen molar-refractivity contribution in [3.63, 3.8) is 0 Å². The number of hydrogen-bond donors (Lipinski definition) is 1. The van der Waals surface area contributed by atoms with E-state index in [2.05, 4.69) is 34.2 Å². The van der Waals surface area contributed by atoms with Crippen LogP contribution in [-0.4, -0.2) is 31.7 Å². The zero-order valence-corrected chi connectivity index (χ0v) is 23.1. The van der Waals surface area contributed by atoms with Crippen LogP contribution in [-0.2, 0) is 14.8 Å². The minimum absolute atomic E-state index is 0.109. The van der Waals surface area contributed by atoms with Gasteiger partial charge < -0.3 is 4.57 Å². The van der Waals surface area contributed by atoms with Gasteiger partial charge in [-0.15, -0.1) is 0 Å². The molecule has 0 atom stereocenters. The summed E-state index contributed by atoms with van der Waals surface area (Å²) in [6, 6.07) is 23.6. The molecule has 0 aliphatic heterocycles. The first kappa shape index (κ1) is 26.9. The van der Waals surface area contributed by atoms with Crippen LogP contribution in [0.2, 0.25) is 0 Å². The number of aromatic nitrogens is 1. The summed E-state index contributed by atoms with van der Waals surface area (Å²) in [6.45, 7) is 9.50. The van der Waals surface area contributed by atoms with Gasteiger partial charge in [0, 0.05) is 22.6 Å². The van der Waals surface area contributed by atoms with E-state index >= 15 is 0 Å². The van der Waals surface area contributed by atoms with E-state index in [1.807, 2.05) is 52.0 Å². The fraction of sp³-hybridized carbons (Fsp3) is 0.200. The number of carbonyl (C=O) groups is 1. The lowest BCUT2D eigenvalue weighted by atomic mass is 10.1. The van der Waals surface area contributed by atoms with E-state index in [0.29, 0.717) is 5.69 Å². The van der Waals surface area contributed by atoms with Crippen molar-refractivity contribution in [2.24, 2.45) is 5.10 Å². The van der Waals surface area contributed by atoms with Gasteiger partial charge in [0.15, 0.2) is 0 Å². The Labute approximate surface area is 224 Å². The van der Waals surface area contributed by atoms with Crippen molar-refractivity contribution in [3.05, 3.63) is 113 Å². The Kier molecular flexibility index (Phi) is 7.83. The second kappa shape index (κ2) is 11.1. The lowest BCUT2D eigenvalue weighted by Crippen LogP contribution is -2.39. The number of aryl methyl sites for hydroxylation is 4. The molecule has 1 amide bonds. The molecule has 4 aromatic rings. The molecule has 196 valence electrons. The highest BCUT2D eigenvalue weighted by atomic mass is 32.2. The number of rotatable bonds is 8. The van der Waals surface area contributed by atoms with Crippen LogP contribution < -0.4 is 9.73 Å². The molecule has 3 aromatic carbocycles. The summed E-state index contributed by atoms with van der Waals surface area (Å²) in [7, 11) is -3.98. The second-order valence-electron chi connectivity index (χ2n) is 9.39. The molecule has 0 unspecified atom stereocenters. The first-order valence-corrected chi connectivity index (χ1v) is 13.7. The lowest BCUT2D eigenvalue weighted by molar-refractivity contribution is -0.119. The van der Waals surface area contributed by atoms with Gasteiger partial charge in [-0.25, -0.2) is 13.8 Å². The Bertz CT molecular complexity index is 1610. The minimum Gasteiger partial charge on any atom is -0.318 e. The lowest BCUT2D eigenvalue weighted by Gasteiger charge is -2.24. The van der Waals surface area contributed by atoms with Gasteiger partial charge in [-0.2, -0.15) is 5.10 Å². The normalized spacial score (nSPS) is 11.6. The molecule has 38 heavy (non-hydrogen) atoms. The third-order valence-corrected chi connectivity index (χ3v) is 8.31. The maximum absolute atomic E-state index is 13.5. The van der Waals surface area contributed by atoms with Gasteiger partial charge in [0.2, 0.25) is 0 Å². The summed E-state index contributed by atoms with van der Waals surface area (Å²) in [6.07, 6.45) is 1.58. The Morgan fingerprint density at radius 3 is 2.32 bits per heavy atom. The zero-order valence-electron chi connectivity index (χ0n) is 22.3. The maximum Gasteiger partial charge on any atom is 0.264 e. The topological polar surface area (TPSA) is 83.8 Å². The molecule has 8 heteroatoms. The highest BCUT2D eigenvalue weighted by Gasteiger charge is 2.27. The summed E-state index contributed by atoms with van der Waals surface area (Å²) < 4.78 is 30.3. The van der Waals surface area contributed by atoms with E-state index in [1.165, 1.54) is 12.1 Å². The van der Waals surface area contributed by atoms with Crippen molar-refractivity contribution in [2.75, 3.05) is 10.8 Å². The number of anilines is 1. The zero-order chi connectivity index (χ0) is 27.4. The number of hydrogen-bond acceptors (Lipinski definition) is 4. The first-order chi connectivity index (χ1) is 18.1. The van der Waals surface area contributed by atoms with E-state index in [-0.39, 0.29) is 4.90 Å². The molecule has 0 aliphatic rings. The van der Waals surface area contributed by atoms with Crippen LogP contribution in [0, 0.1) is 34.6 Å². The summed E-state index contributed by atoms with van der Waals surface area (Å²) in [4.78, 5) is 13.0. The Morgan fingerprint density at radius 1 is 0.895 bits per heavy atom. The molecule has 1 N–H and O–H groups in total. The van der Waals surface area contributed by atoms with Crippen LogP contribution >= 0.6 is 0 Å². The van der Waals surface area contributed by atoms with Crippen molar-refractivity contribution in [3.8, 4) is 5.69 Å². The Hall–Kier alpha value is -4.17. The molecule has 7 nitrogen and oxygen atoms in total. The SMILES string of the molecule is Cc1cccc(-n2c(C)cc(/C=N\NC(=O)CN(c3ccc(C)c(C)c3)S(=O)(=O)c3ccccc3)c2C)c1. The summed E-state index contributed by atoms with van der Waals surface area (Å²) in [5.74, 6) is -0.550. The van der Waals surface area contributed by atoms with E-state index in [0.717, 1.165) is 43.6 Å². The van der Waals surface area contributed by atoms with Crippen LogP contribution in [0.5, 0.6) is 0 Å². The van der Waals surface area contributed by atoms with E-state index < -0.39 is 22.5 Å². The Morgan fingerprint density at radius 2 is 1.63 bits per heavy atom. The second-order valence-corrected chi connectivity index (χ2v) is 11.2. The summed E-state index contributed by atoms with van der Waals surface area (Å²) in [5.41, 5.74) is 9.97. The Balaban J connectivity index is 1.56. The number of nitrogens with one attached hydrogen (secondary N) is 1. The average Bonchev–Trinajstić information content (AvgIpc) is 3.17. The van der Waals surface area contributed by atoms with E-state index in [4.69, 9.17) is 0 Å². The standard InChI is InChI=1S/C30H32N4O3S/c1-21-10-9-11-28(16-21)34-24(4)18-26(25(34)5)19-31-32-30(35)20-33(27-15-14-22(2)23(3)17-27)38(36,37)29-12-7-6-8-13-29/h6-19H,20H2,1-5H3,(H,32,35)/b31-19-. The maximum atomic E-state index is 13.5. The van der Waals surface area contributed by atoms with Crippen LogP contribution in [0.4, 0.5) is 5.69 Å². The quantitative estimate of drug-likeness (QED) is 0.247. The van der Waals surface area contributed by atoms with Crippen molar-refractivity contribution in [2.45, 2.75) is 39.5 Å². The molecule has 0 bridgehead atoms. The third kappa shape index (κ3) is 5.70. The monoisotopic (exact) mass is 528 g/mol. The molecule has 0 fully saturated rings. The molecular weight excluding hydrogens is 496 g/mol. The average molecular weight is 529 g/mol. The van der Waals surface area contributed by atoms with Gasteiger partial charge in [-0.3, -0.25) is 9.10 Å². The van der Waals surface area contributed by atoms with Crippen LogP contribution in [0.1, 0.15) is 33.6 Å². The molecule has 0 saturated heterocycles. The highest BCUT2D eigenvalue weighted by Crippen LogP contribution is 2.26. The summed E-state index contributed by atoms with van der Waals surface area (Å²) in [5, 5.41) is 4.14. The largest absolute Gasteiger partial charge is 0.318 e. The van der Waals surface area contributed by atoms with Gasteiger partial charge in [0.25, 0.3) is 15.9 Å². The smallest absolute Gasteiger partial charge is 0.264 e. The number of amides is 1. The summed E-state index contributed by atoms with van der Waals surface area (Å²) >= 11 is 0. The number of benzene rings is 3. The molecular formula is C30H32N4O3S. The fourth-order valence-electron chi connectivity index (χ4n) is 4.34. The van der Waals surface area contributed by atoms with Gasteiger partial charge in [0.1, 0.15) is 6.54 Å².